The molecule has 112 valence electrons. The average molecular weight is 288 g/mol. The van der Waals surface area contributed by atoms with E-state index in [9.17, 15) is 4.79 Å². The maximum absolute atomic E-state index is 11.6. The van der Waals surface area contributed by atoms with Crippen molar-refractivity contribution in [3.63, 3.8) is 0 Å². The Hall–Kier alpha value is -2.50. The summed E-state index contributed by atoms with van der Waals surface area (Å²) in [6, 6.07) is 7.40. The number of carbonyl (C=O) groups excluding carboxylic acids is 1. The van der Waals surface area contributed by atoms with Gasteiger partial charge < -0.3 is 15.0 Å². The summed E-state index contributed by atoms with van der Waals surface area (Å²) in [7, 11) is 0. The molecule has 2 rings (SSSR count). The van der Waals surface area contributed by atoms with Crippen molar-refractivity contribution in [3.8, 4) is 0 Å². The lowest BCUT2D eigenvalue weighted by atomic mass is 10.2. The molecule has 0 atom stereocenters. The molecule has 0 bridgehead atoms. The molecular formula is C15H20N4O2. The quantitative estimate of drug-likeness (QED) is 0.806. The number of hydrogen-bond acceptors (Lipinski definition) is 4. The largest absolute Gasteiger partial charge is 0.444 e. The third-order valence-corrected chi connectivity index (χ3v) is 2.54. The number of carbonyl (C=O) groups is 1. The van der Waals surface area contributed by atoms with Crippen LogP contribution in [0.15, 0.2) is 36.7 Å². The molecular weight excluding hydrogens is 268 g/mol. The van der Waals surface area contributed by atoms with E-state index in [0.717, 1.165) is 11.5 Å². The van der Waals surface area contributed by atoms with Gasteiger partial charge in [0.05, 0.1) is 6.54 Å². The van der Waals surface area contributed by atoms with Crippen molar-refractivity contribution >= 4 is 17.5 Å². The summed E-state index contributed by atoms with van der Waals surface area (Å²) < 4.78 is 5.19. The van der Waals surface area contributed by atoms with Crippen LogP contribution in [0.25, 0.3) is 0 Å². The molecule has 0 radical (unpaired) electrons. The average Bonchev–Trinajstić information content (AvgIpc) is 2.89. The maximum Gasteiger partial charge on any atom is 0.412 e. The van der Waals surface area contributed by atoms with Crippen LogP contribution in [0.3, 0.4) is 0 Å². The highest BCUT2D eigenvalue weighted by Crippen LogP contribution is 2.15. The van der Waals surface area contributed by atoms with Gasteiger partial charge in [0, 0.05) is 23.8 Å². The fourth-order valence-corrected chi connectivity index (χ4v) is 1.67. The molecule has 0 fully saturated rings. The van der Waals surface area contributed by atoms with Gasteiger partial charge in [0.15, 0.2) is 0 Å². The number of imidazole rings is 1. The van der Waals surface area contributed by atoms with Gasteiger partial charge in [0.1, 0.15) is 11.4 Å². The predicted molar refractivity (Wildman–Crippen MR) is 82.2 cm³/mol. The minimum Gasteiger partial charge on any atom is -0.444 e. The maximum atomic E-state index is 11.6. The summed E-state index contributed by atoms with van der Waals surface area (Å²) in [6.07, 6.45) is 3.04. The Labute approximate surface area is 123 Å². The fraction of sp³-hybridized carbons (Fsp3) is 0.333. The zero-order valence-electron chi connectivity index (χ0n) is 12.4. The Morgan fingerprint density at radius 3 is 2.48 bits per heavy atom. The van der Waals surface area contributed by atoms with Gasteiger partial charge in [-0.25, -0.2) is 9.78 Å². The highest BCUT2D eigenvalue weighted by atomic mass is 16.6. The van der Waals surface area contributed by atoms with Crippen molar-refractivity contribution in [2.75, 3.05) is 10.6 Å². The number of nitrogens with one attached hydrogen (secondary N) is 3. The van der Waals surface area contributed by atoms with Gasteiger partial charge in [-0.05, 0) is 45.0 Å². The molecule has 6 heteroatoms. The zero-order valence-corrected chi connectivity index (χ0v) is 12.4. The Bertz CT molecular complexity index is 571. The van der Waals surface area contributed by atoms with Gasteiger partial charge in [-0.2, -0.15) is 0 Å². The SMILES string of the molecule is CC(C)(C)OC(=O)Nc1ccc(NCc2ncc[nH]2)cc1. The molecule has 0 aliphatic heterocycles. The number of benzene rings is 1. The summed E-state index contributed by atoms with van der Waals surface area (Å²) in [5.41, 5.74) is 1.13. The molecule has 2 aromatic rings. The van der Waals surface area contributed by atoms with E-state index in [4.69, 9.17) is 4.74 Å². The third kappa shape index (κ3) is 5.18. The van der Waals surface area contributed by atoms with E-state index in [0.29, 0.717) is 12.2 Å². The lowest BCUT2D eigenvalue weighted by Crippen LogP contribution is -2.27. The normalized spacial score (nSPS) is 11.0. The molecule has 0 saturated carbocycles. The number of aromatic nitrogens is 2. The lowest BCUT2D eigenvalue weighted by Gasteiger charge is -2.19. The van der Waals surface area contributed by atoms with Gasteiger partial charge in [-0.3, -0.25) is 5.32 Å². The number of rotatable bonds is 4. The zero-order chi connectivity index (χ0) is 15.3. The van der Waals surface area contributed by atoms with Crippen molar-refractivity contribution < 1.29 is 9.53 Å². The number of anilines is 2. The molecule has 0 unspecified atom stereocenters. The number of hydrogen-bond donors (Lipinski definition) is 3. The second-order valence-electron chi connectivity index (χ2n) is 5.59. The summed E-state index contributed by atoms with van der Waals surface area (Å²) in [5.74, 6) is 0.867. The fourth-order valence-electron chi connectivity index (χ4n) is 1.67. The number of aromatic amines is 1. The van der Waals surface area contributed by atoms with Crippen LogP contribution in [-0.4, -0.2) is 21.7 Å². The van der Waals surface area contributed by atoms with Crippen LogP contribution in [0.2, 0.25) is 0 Å². The number of H-pyrrole nitrogens is 1. The second kappa shape index (κ2) is 6.30. The van der Waals surface area contributed by atoms with Crippen LogP contribution in [-0.2, 0) is 11.3 Å². The van der Waals surface area contributed by atoms with E-state index < -0.39 is 11.7 Å². The summed E-state index contributed by atoms with van der Waals surface area (Å²) >= 11 is 0. The van der Waals surface area contributed by atoms with Gasteiger partial charge >= 0.3 is 6.09 Å². The summed E-state index contributed by atoms with van der Waals surface area (Å²) in [6.45, 7) is 6.10. The first-order valence-electron chi connectivity index (χ1n) is 6.74. The first-order valence-corrected chi connectivity index (χ1v) is 6.74. The highest BCUT2D eigenvalue weighted by molar-refractivity contribution is 5.85. The van der Waals surface area contributed by atoms with E-state index >= 15 is 0 Å². The van der Waals surface area contributed by atoms with Crippen LogP contribution in [0.1, 0.15) is 26.6 Å². The van der Waals surface area contributed by atoms with Crippen LogP contribution < -0.4 is 10.6 Å². The molecule has 21 heavy (non-hydrogen) atoms. The molecule has 1 amide bonds. The molecule has 6 nitrogen and oxygen atoms in total. The van der Waals surface area contributed by atoms with E-state index in [-0.39, 0.29) is 0 Å². The van der Waals surface area contributed by atoms with E-state index in [1.807, 2.05) is 45.0 Å². The van der Waals surface area contributed by atoms with Gasteiger partial charge in [-0.15, -0.1) is 0 Å². The van der Waals surface area contributed by atoms with Crippen molar-refractivity contribution in [2.24, 2.45) is 0 Å². The Morgan fingerprint density at radius 1 is 1.24 bits per heavy atom. The number of amides is 1. The highest BCUT2D eigenvalue weighted by Gasteiger charge is 2.15. The molecule has 1 aromatic carbocycles. The Kier molecular flexibility index (Phi) is 4.47. The third-order valence-electron chi connectivity index (χ3n) is 2.54. The molecule has 0 saturated heterocycles. The molecule has 0 aliphatic carbocycles. The number of nitrogens with zero attached hydrogens (tertiary/aromatic N) is 1. The van der Waals surface area contributed by atoms with Gasteiger partial charge in [-0.1, -0.05) is 0 Å². The Morgan fingerprint density at radius 2 is 1.90 bits per heavy atom. The van der Waals surface area contributed by atoms with Crippen molar-refractivity contribution in [1.29, 1.82) is 0 Å². The minimum atomic E-state index is -0.505. The second-order valence-corrected chi connectivity index (χ2v) is 5.59. The van der Waals surface area contributed by atoms with E-state index in [2.05, 4.69) is 20.6 Å². The van der Waals surface area contributed by atoms with Crippen LogP contribution in [0.5, 0.6) is 0 Å². The number of ether oxygens (including phenoxy) is 1. The first kappa shape index (κ1) is 14.9. The smallest absolute Gasteiger partial charge is 0.412 e. The summed E-state index contributed by atoms with van der Waals surface area (Å²) in [5, 5.41) is 5.92. The van der Waals surface area contributed by atoms with E-state index in [1.165, 1.54) is 0 Å². The predicted octanol–water partition coefficient (Wildman–Crippen LogP) is 3.37. The van der Waals surface area contributed by atoms with Gasteiger partial charge in [0.25, 0.3) is 0 Å². The molecule has 3 N–H and O–H groups in total. The minimum absolute atomic E-state index is 0.459. The summed E-state index contributed by atoms with van der Waals surface area (Å²) in [4.78, 5) is 18.8. The first-order chi connectivity index (χ1) is 9.92. The van der Waals surface area contributed by atoms with Crippen molar-refractivity contribution in [2.45, 2.75) is 32.9 Å². The monoisotopic (exact) mass is 288 g/mol. The van der Waals surface area contributed by atoms with E-state index in [1.54, 1.807) is 12.4 Å². The molecule has 1 aromatic heterocycles. The lowest BCUT2D eigenvalue weighted by molar-refractivity contribution is 0.0636. The molecule has 0 spiro atoms. The standard InChI is InChI=1S/C15H20N4O2/c1-15(2,3)21-14(20)19-12-6-4-11(5-7-12)18-10-13-16-8-9-17-13/h4-9,18H,10H2,1-3H3,(H,16,17)(H,19,20). The van der Waals surface area contributed by atoms with Gasteiger partial charge in [0.2, 0.25) is 0 Å². The van der Waals surface area contributed by atoms with Crippen molar-refractivity contribution in [3.05, 3.63) is 42.5 Å². The van der Waals surface area contributed by atoms with Crippen LogP contribution in [0.4, 0.5) is 16.2 Å². The topological polar surface area (TPSA) is 79.0 Å². The van der Waals surface area contributed by atoms with Crippen LogP contribution in [0, 0.1) is 0 Å². The van der Waals surface area contributed by atoms with Crippen LogP contribution >= 0.6 is 0 Å². The molecule has 0 aliphatic rings. The Balaban J connectivity index is 1.85. The van der Waals surface area contributed by atoms with Crippen molar-refractivity contribution in [1.82, 2.24) is 9.97 Å². The molecule has 1 heterocycles.